The molecule has 0 spiro atoms. The smallest absolute Gasteiger partial charge is 0.329 e. The lowest BCUT2D eigenvalue weighted by Crippen LogP contribution is -2.56. The van der Waals surface area contributed by atoms with Crippen molar-refractivity contribution in [2.24, 2.45) is 5.92 Å². The second-order valence-electron chi connectivity index (χ2n) is 5.59. The summed E-state index contributed by atoms with van der Waals surface area (Å²) in [5.41, 5.74) is -1.14. The molecule has 2 aliphatic rings. The molecule has 2 amide bonds. The molecule has 2 unspecified atom stereocenters. The molecule has 0 radical (unpaired) electrons. The van der Waals surface area contributed by atoms with Crippen molar-refractivity contribution >= 4 is 12.0 Å². The number of carbonyl (C=O) groups excluding carboxylic acids is 1. The molecule has 19 heavy (non-hydrogen) atoms. The lowest BCUT2D eigenvalue weighted by molar-refractivity contribution is -0.144. The van der Waals surface area contributed by atoms with Crippen molar-refractivity contribution < 1.29 is 19.4 Å². The van der Waals surface area contributed by atoms with E-state index in [0.717, 1.165) is 38.7 Å². The molecule has 1 heterocycles. The average molecular weight is 270 g/mol. The van der Waals surface area contributed by atoms with E-state index in [1.165, 1.54) is 0 Å². The van der Waals surface area contributed by atoms with Crippen LogP contribution in [0.1, 0.15) is 39.0 Å². The molecule has 2 rings (SSSR count). The molecule has 1 aliphatic carbocycles. The summed E-state index contributed by atoms with van der Waals surface area (Å²) in [7, 11) is 0. The Balaban J connectivity index is 1.71. The maximum absolute atomic E-state index is 11.7. The molecule has 0 aromatic heterocycles. The summed E-state index contributed by atoms with van der Waals surface area (Å²) in [4.78, 5) is 23.0. The van der Waals surface area contributed by atoms with Crippen LogP contribution in [-0.4, -0.2) is 41.9 Å². The van der Waals surface area contributed by atoms with Gasteiger partial charge < -0.3 is 20.5 Å². The third-order valence-corrected chi connectivity index (χ3v) is 3.99. The van der Waals surface area contributed by atoms with E-state index in [-0.39, 0.29) is 12.0 Å². The minimum absolute atomic E-state index is 0.0499. The minimum Gasteiger partial charge on any atom is -0.480 e. The van der Waals surface area contributed by atoms with E-state index in [1.54, 1.807) is 6.92 Å². The molecule has 6 nitrogen and oxygen atoms in total. The summed E-state index contributed by atoms with van der Waals surface area (Å²) in [6, 6.07) is -0.408. The van der Waals surface area contributed by atoms with Gasteiger partial charge in [-0.1, -0.05) is 0 Å². The lowest BCUT2D eigenvalue weighted by atomic mass is 9.96. The number of nitrogens with one attached hydrogen (secondary N) is 2. The van der Waals surface area contributed by atoms with E-state index >= 15 is 0 Å². The fraction of sp³-hybridized carbons (Fsp3) is 0.846. The van der Waals surface area contributed by atoms with Gasteiger partial charge in [0.25, 0.3) is 0 Å². The van der Waals surface area contributed by atoms with Crippen LogP contribution in [0.25, 0.3) is 0 Å². The maximum atomic E-state index is 11.7. The molecule has 0 aromatic carbocycles. The number of carboxylic acid groups (broad SMARTS) is 1. The van der Waals surface area contributed by atoms with Gasteiger partial charge in [-0.15, -0.1) is 0 Å². The van der Waals surface area contributed by atoms with Crippen molar-refractivity contribution in [1.82, 2.24) is 10.6 Å². The number of rotatable bonds is 6. The van der Waals surface area contributed by atoms with Crippen LogP contribution in [0.4, 0.5) is 4.79 Å². The van der Waals surface area contributed by atoms with Gasteiger partial charge >= 0.3 is 12.0 Å². The first-order chi connectivity index (χ1) is 9.02. The van der Waals surface area contributed by atoms with Gasteiger partial charge in [0.1, 0.15) is 5.54 Å². The average Bonchev–Trinajstić information content (AvgIpc) is 3.08. The summed E-state index contributed by atoms with van der Waals surface area (Å²) in [5, 5.41) is 14.5. The van der Waals surface area contributed by atoms with Gasteiger partial charge in [0, 0.05) is 13.2 Å². The first kappa shape index (κ1) is 14.1. The molecule has 2 atom stereocenters. The third-order valence-electron chi connectivity index (χ3n) is 3.99. The predicted octanol–water partition coefficient (Wildman–Crippen LogP) is 1.11. The Morgan fingerprint density at radius 2 is 2.11 bits per heavy atom. The second-order valence-corrected chi connectivity index (χ2v) is 5.59. The molecule has 0 bridgehead atoms. The topological polar surface area (TPSA) is 87.7 Å². The number of amides is 2. The van der Waals surface area contributed by atoms with Crippen LogP contribution >= 0.6 is 0 Å². The lowest BCUT2D eigenvalue weighted by Gasteiger charge is -2.26. The van der Waals surface area contributed by atoms with E-state index < -0.39 is 17.5 Å². The first-order valence-corrected chi connectivity index (χ1v) is 6.93. The standard InChI is InChI=1S/C13H22N2O4/c1-13(11(16)17,9-4-5-9)15-12(18)14-7-6-10-3-2-8-19-10/h9-10H,2-8H2,1H3,(H,16,17)(H2,14,15,18). The van der Waals surface area contributed by atoms with Crippen molar-refractivity contribution in [2.75, 3.05) is 13.2 Å². The van der Waals surface area contributed by atoms with Crippen LogP contribution in [0.5, 0.6) is 0 Å². The fourth-order valence-corrected chi connectivity index (χ4v) is 2.49. The Bertz CT molecular complexity index is 351. The number of urea groups is 1. The zero-order valence-electron chi connectivity index (χ0n) is 11.3. The number of hydrogen-bond acceptors (Lipinski definition) is 3. The van der Waals surface area contributed by atoms with Crippen molar-refractivity contribution in [3.8, 4) is 0 Å². The SMILES string of the molecule is CC(NC(=O)NCCC1CCCO1)(C(=O)O)C1CC1. The minimum atomic E-state index is -1.14. The second kappa shape index (κ2) is 5.77. The molecular weight excluding hydrogens is 248 g/mol. The monoisotopic (exact) mass is 270 g/mol. The Morgan fingerprint density at radius 3 is 2.63 bits per heavy atom. The molecule has 2 fully saturated rings. The normalized spacial score (nSPS) is 25.6. The summed E-state index contributed by atoms with van der Waals surface area (Å²) >= 11 is 0. The number of hydrogen-bond donors (Lipinski definition) is 3. The number of carbonyl (C=O) groups is 2. The molecule has 0 aromatic rings. The highest BCUT2D eigenvalue weighted by molar-refractivity contribution is 5.86. The van der Waals surface area contributed by atoms with Gasteiger partial charge in [-0.05, 0) is 44.9 Å². The summed E-state index contributed by atoms with van der Waals surface area (Å²) in [6.45, 7) is 2.89. The van der Waals surface area contributed by atoms with Crippen LogP contribution in [0, 0.1) is 5.92 Å². The Labute approximate surface area is 112 Å². The van der Waals surface area contributed by atoms with Crippen LogP contribution in [-0.2, 0) is 9.53 Å². The molecule has 6 heteroatoms. The van der Waals surface area contributed by atoms with Crippen LogP contribution < -0.4 is 10.6 Å². The van der Waals surface area contributed by atoms with Crippen LogP contribution in [0.15, 0.2) is 0 Å². The van der Waals surface area contributed by atoms with Gasteiger partial charge in [0.2, 0.25) is 0 Å². The highest BCUT2D eigenvalue weighted by Gasteiger charge is 2.48. The van der Waals surface area contributed by atoms with Crippen molar-refractivity contribution in [3.05, 3.63) is 0 Å². The van der Waals surface area contributed by atoms with Gasteiger partial charge in [-0.25, -0.2) is 9.59 Å². The Hall–Kier alpha value is -1.30. The highest BCUT2D eigenvalue weighted by Crippen LogP contribution is 2.39. The van der Waals surface area contributed by atoms with E-state index in [0.29, 0.717) is 6.54 Å². The molecule has 1 aliphatic heterocycles. The first-order valence-electron chi connectivity index (χ1n) is 6.93. The van der Waals surface area contributed by atoms with Gasteiger partial charge in [0.05, 0.1) is 6.10 Å². The molecule has 3 N–H and O–H groups in total. The van der Waals surface area contributed by atoms with Crippen molar-refractivity contribution in [1.29, 1.82) is 0 Å². The molecule has 1 saturated heterocycles. The predicted molar refractivity (Wildman–Crippen MR) is 68.9 cm³/mol. The summed E-state index contributed by atoms with van der Waals surface area (Å²) < 4.78 is 5.46. The zero-order chi connectivity index (χ0) is 13.9. The van der Waals surface area contributed by atoms with Crippen molar-refractivity contribution in [3.63, 3.8) is 0 Å². The van der Waals surface area contributed by atoms with Crippen LogP contribution in [0.2, 0.25) is 0 Å². The maximum Gasteiger partial charge on any atom is 0.329 e. The van der Waals surface area contributed by atoms with Crippen molar-refractivity contribution in [2.45, 2.75) is 50.7 Å². The van der Waals surface area contributed by atoms with Gasteiger partial charge in [-0.2, -0.15) is 0 Å². The Morgan fingerprint density at radius 1 is 1.37 bits per heavy atom. The number of aliphatic carboxylic acids is 1. The van der Waals surface area contributed by atoms with Gasteiger partial charge in [-0.3, -0.25) is 0 Å². The number of carboxylic acids is 1. The quantitative estimate of drug-likeness (QED) is 0.674. The summed E-state index contributed by atoms with van der Waals surface area (Å²) in [6.07, 6.45) is 4.85. The molecule has 108 valence electrons. The van der Waals surface area contributed by atoms with Crippen LogP contribution in [0.3, 0.4) is 0 Å². The largest absolute Gasteiger partial charge is 0.480 e. The fourth-order valence-electron chi connectivity index (χ4n) is 2.49. The van der Waals surface area contributed by atoms with E-state index in [2.05, 4.69) is 10.6 Å². The van der Waals surface area contributed by atoms with E-state index in [9.17, 15) is 14.7 Å². The number of ether oxygens (including phenoxy) is 1. The zero-order valence-corrected chi connectivity index (χ0v) is 11.3. The molecular formula is C13H22N2O4. The van der Waals surface area contributed by atoms with E-state index in [4.69, 9.17) is 4.74 Å². The van der Waals surface area contributed by atoms with E-state index in [1.807, 2.05) is 0 Å². The summed E-state index contributed by atoms with van der Waals surface area (Å²) in [5.74, 6) is -0.918. The molecule has 1 saturated carbocycles. The third kappa shape index (κ3) is 3.59. The Kier molecular flexibility index (Phi) is 4.29. The van der Waals surface area contributed by atoms with Gasteiger partial charge in [0.15, 0.2) is 0 Å². The highest BCUT2D eigenvalue weighted by atomic mass is 16.5.